The van der Waals surface area contributed by atoms with Gasteiger partial charge in [-0.25, -0.2) is 13.2 Å². The maximum atomic E-state index is 12.1. The van der Waals surface area contributed by atoms with Crippen LogP contribution >= 0.6 is 0 Å². The van der Waals surface area contributed by atoms with Crippen molar-refractivity contribution in [2.45, 2.75) is 19.4 Å². The Morgan fingerprint density at radius 3 is 2.37 bits per heavy atom. The van der Waals surface area contributed by atoms with E-state index in [2.05, 4.69) is 0 Å². The van der Waals surface area contributed by atoms with Crippen molar-refractivity contribution in [2.75, 3.05) is 32.1 Å². The van der Waals surface area contributed by atoms with E-state index in [4.69, 9.17) is 5.11 Å². The molecular weight excluding hydrogens is 272 g/mol. The predicted octanol–water partition coefficient (Wildman–Crippen LogP) is -0.122. The average Bonchev–Trinajstić information content (AvgIpc) is 2.67. The second-order valence-electron chi connectivity index (χ2n) is 5.07. The second-order valence-corrected chi connectivity index (χ2v) is 7.30. The van der Waals surface area contributed by atoms with Gasteiger partial charge in [0.1, 0.15) is 0 Å². The molecule has 0 aliphatic carbocycles. The van der Waals surface area contributed by atoms with E-state index in [1.54, 1.807) is 7.05 Å². The first-order chi connectivity index (χ1) is 8.64. The molecule has 0 aromatic heterocycles. The minimum absolute atomic E-state index is 0.0163. The topological polar surface area (TPSA) is 95.0 Å². The standard InChI is InChI=1S/C11H20N2O5S/c1-8(10(14)15)6-12(2)11(16)13(3)9-4-5-19(17,18)7-9/h8-9H,4-7H2,1-3H3,(H,14,15). The molecule has 8 heteroatoms. The monoisotopic (exact) mass is 292 g/mol. The summed E-state index contributed by atoms with van der Waals surface area (Å²) in [6.07, 6.45) is 0.437. The lowest BCUT2D eigenvalue weighted by molar-refractivity contribution is -0.141. The zero-order valence-electron chi connectivity index (χ0n) is 11.4. The van der Waals surface area contributed by atoms with Crippen LogP contribution in [0.5, 0.6) is 0 Å². The molecule has 2 atom stereocenters. The molecule has 2 unspecified atom stereocenters. The van der Waals surface area contributed by atoms with Gasteiger partial charge in [0, 0.05) is 26.7 Å². The Morgan fingerprint density at radius 1 is 1.37 bits per heavy atom. The van der Waals surface area contributed by atoms with Gasteiger partial charge in [-0.1, -0.05) is 6.92 Å². The van der Waals surface area contributed by atoms with Gasteiger partial charge in [-0.15, -0.1) is 0 Å². The van der Waals surface area contributed by atoms with Gasteiger partial charge in [0.15, 0.2) is 9.84 Å². The molecule has 0 radical (unpaired) electrons. The molecule has 1 N–H and O–H groups in total. The Morgan fingerprint density at radius 2 is 1.95 bits per heavy atom. The van der Waals surface area contributed by atoms with Gasteiger partial charge >= 0.3 is 12.0 Å². The number of carboxylic acid groups (broad SMARTS) is 1. The zero-order valence-corrected chi connectivity index (χ0v) is 12.2. The first-order valence-electron chi connectivity index (χ1n) is 6.05. The van der Waals surface area contributed by atoms with Crippen molar-refractivity contribution >= 4 is 21.8 Å². The van der Waals surface area contributed by atoms with Crippen LogP contribution in [0.4, 0.5) is 4.79 Å². The summed E-state index contributed by atoms with van der Waals surface area (Å²) in [6.45, 7) is 1.62. The highest BCUT2D eigenvalue weighted by Gasteiger charge is 2.34. The van der Waals surface area contributed by atoms with Gasteiger partial charge in [0.25, 0.3) is 0 Å². The number of amides is 2. The van der Waals surface area contributed by atoms with Gasteiger partial charge in [-0.3, -0.25) is 4.79 Å². The minimum atomic E-state index is -3.04. The smallest absolute Gasteiger partial charge is 0.319 e. The number of sulfone groups is 1. The van der Waals surface area contributed by atoms with Crippen LogP contribution in [0.3, 0.4) is 0 Å². The number of hydrogen-bond donors (Lipinski definition) is 1. The zero-order chi connectivity index (χ0) is 14.8. The van der Waals surface area contributed by atoms with E-state index >= 15 is 0 Å². The number of aliphatic carboxylic acids is 1. The van der Waals surface area contributed by atoms with E-state index in [1.807, 2.05) is 0 Å². The highest BCUT2D eigenvalue weighted by molar-refractivity contribution is 7.91. The van der Waals surface area contributed by atoms with Gasteiger partial charge in [0.2, 0.25) is 0 Å². The Bertz CT molecular complexity index is 462. The molecule has 0 spiro atoms. The Balaban J connectivity index is 2.60. The number of rotatable bonds is 4. The summed E-state index contributed by atoms with van der Waals surface area (Å²) in [5.74, 6) is -1.54. The van der Waals surface area contributed by atoms with E-state index in [0.29, 0.717) is 6.42 Å². The molecule has 0 saturated carbocycles. The number of hydrogen-bond acceptors (Lipinski definition) is 4. The molecular formula is C11H20N2O5S. The molecule has 1 fully saturated rings. The van der Waals surface area contributed by atoms with E-state index in [9.17, 15) is 18.0 Å². The molecule has 1 aliphatic heterocycles. The first kappa shape index (κ1) is 15.7. The van der Waals surface area contributed by atoms with Gasteiger partial charge < -0.3 is 14.9 Å². The van der Waals surface area contributed by atoms with Crippen LogP contribution in [-0.4, -0.2) is 73.5 Å². The number of nitrogens with zero attached hydrogens (tertiary/aromatic N) is 2. The Hall–Kier alpha value is -1.31. The Kier molecular flexibility index (Phi) is 4.78. The molecule has 110 valence electrons. The van der Waals surface area contributed by atoms with Crippen molar-refractivity contribution in [3.8, 4) is 0 Å². The van der Waals surface area contributed by atoms with Crippen LogP contribution in [0.15, 0.2) is 0 Å². The van der Waals surface area contributed by atoms with Crippen LogP contribution < -0.4 is 0 Å². The normalized spacial score (nSPS) is 22.8. The molecule has 0 aromatic rings. The number of carbonyl (C=O) groups is 2. The number of carbonyl (C=O) groups excluding carboxylic acids is 1. The van der Waals surface area contributed by atoms with Crippen molar-refractivity contribution in [1.29, 1.82) is 0 Å². The minimum Gasteiger partial charge on any atom is -0.481 e. The highest BCUT2D eigenvalue weighted by atomic mass is 32.2. The Labute approximate surface area is 113 Å². The van der Waals surface area contributed by atoms with Crippen LogP contribution in [0, 0.1) is 5.92 Å². The number of carboxylic acids is 1. The maximum absolute atomic E-state index is 12.1. The fourth-order valence-corrected chi connectivity index (χ4v) is 3.85. The van der Waals surface area contributed by atoms with E-state index in [0.717, 1.165) is 0 Å². The SMILES string of the molecule is CC(CN(C)C(=O)N(C)C1CCS(=O)(=O)C1)C(=O)O. The van der Waals surface area contributed by atoms with E-state index in [1.165, 1.54) is 23.8 Å². The van der Waals surface area contributed by atoms with Gasteiger partial charge in [-0.2, -0.15) is 0 Å². The third-order valence-electron chi connectivity index (χ3n) is 3.35. The van der Waals surface area contributed by atoms with Crippen molar-refractivity contribution in [1.82, 2.24) is 9.80 Å². The van der Waals surface area contributed by atoms with Crippen molar-refractivity contribution in [3.63, 3.8) is 0 Å². The van der Waals surface area contributed by atoms with Crippen molar-refractivity contribution in [3.05, 3.63) is 0 Å². The molecule has 0 aromatic carbocycles. The van der Waals surface area contributed by atoms with E-state index in [-0.39, 0.29) is 30.1 Å². The lowest BCUT2D eigenvalue weighted by Gasteiger charge is -2.29. The molecule has 19 heavy (non-hydrogen) atoms. The third-order valence-corrected chi connectivity index (χ3v) is 5.10. The van der Waals surface area contributed by atoms with Gasteiger partial charge in [0.05, 0.1) is 17.4 Å². The third kappa shape index (κ3) is 4.09. The highest BCUT2D eigenvalue weighted by Crippen LogP contribution is 2.17. The summed E-state index contributed by atoms with van der Waals surface area (Å²) in [5.41, 5.74) is 0. The second kappa shape index (κ2) is 5.77. The molecule has 0 bridgehead atoms. The molecule has 7 nitrogen and oxygen atoms in total. The van der Waals surface area contributed by atoms with Crippen LogP contribution in [0.25, 0.3) is 0 Å². The fourth-order valence-electron chi connectivity index (χ4n) is 2.07. The summed E-state index contributed by atoms with van der Waals surface area (Å²) in [7, 11) is 0.0242. The van der Waals surface area contributed by atoms with Crippen LogP contribution in [0.2, 0.25) is 0 Å². The molecule has 1 aliphatic rings. The summed E-state index contributed by atoms with van der Waals surface area (Å²) in [4.78, 5) is 25.5. The van der Waals surface area contributed by atoms with Crippen LogP contribution in [0.1, 0.15) is 13.3 Å². The fraction of sp³-hybridized carbons (Fsp3) is 0.818. The van der Waals surface area contributed by atoms with Crippen molar-refractivity contribution < 1.29 is 23.1 Å². The summed E-state index contributed by atoms with van der Waals surface area (Å²) < 4.78 is 22.8. The van der Waals surface area contributed by atoms with Crippen molar-refractivity contribution in [2.24, 2.45) is 5.92 Å². The van der Waals surface area contributed by atoms with Crippen LogP contribution in [-0.2, 0) is 14.6 Å². The molecule has 1 saturated heterocycles. The lowest BCUT2D eigenvalue weighted by Crippen LogP contribution is -2.46. The summed E-state index contributed by atoms with van der Waals surface area (Å²) in [6, 6.07) is -0.671. The molecule has 1 heterocycles. The molecule has 2 amide bonds. The van der Waals surface area contributed by atoms with E-state index < -0.39 is 21.7 Å². The quantitative estimate of drug-likeness (QED) is 0.779. The van der Waals surface area contributed by atoms with Gasteiger partial charge in [-0.05, 0) is 6.42 Å². The largest absolute Gasteiger partial charge is 0.481 e. The maximum Gasteiger partial charge on any atom is 0.319 e. The average molecular weight is 292 g/mol. The lowest BCUT2D eigenvalue weighted by atomic mass is 10.2. The first-order valence-corrected chi connectivity index (χ1v) is 7.87. The molecule has 1 rings (SSSR count). The predicted molar refractivity (Wildman–Crippen MR) is 69.6 cm³/mol. The number of urea groups is 1. The summed E-state index contributed by atoms with van der Waals surface area (Å²) >= 11 is 0. The summed E-state index contributed by atoms with van der Waals surface area (Å²) in [5, 5.41) is 8.80.